The van der Waals surface area contributed by atoms with Gasteiger partial charge in [0.25, 0.3) is 0 Å². The molecule has 25 heavy (non-hydrogen) atoms. The fraction of sp³-hybridized carbons (Fsp3) is 0.150. The van der Waals surface area contributed by atoms with Gasteiger partial charge in [0.15, 0.2) is 5.78 Å². The summed E-state index contributed by atoms with van der Waals surface area (Å²) >= 11 is 0. The van der Waals surface area contributed by atoms with Gasteiger partial charge in [-0.25, -0.2) is 9.97 Å². The smallest absolute Gasteiger partial charge is 0.159 e. The Morgan fingerprint density at radius 3 is 2.68 bits per heavy atom. The number of carbonyl (C=O) groups is 1. The topological polar surface area (TPSA) is 58.1 Å². The van der Waals surface area contributed by atoms with Crippen molar-refractivity contribution < 1.29 is 4.79 Å². The Hall–Kier alpha value is -3.21. The van der Waals surface area contributed by atoms with Crippen molar-refractivity contribution in [2.24, 2.45) is 0 Å². The van der Waals surface area contributed by atoms with E-state index in [-0.39, 0.29) is 5.78 Å². The maximum atomic E-state index is 11.4. The average Bonchev–Trinajstić information content (AvgIpc) is 3.06. The zero-order chi connectivity index (χ0) is 17.2. The number of hydrogen-bond acceptors (Lipinski definition) is 5. The molecule has 1 aliphatic rings. The summed E-state index contributed by atoms with van der Waals surface area (Å²) in [5, 5.41) is 3.27. The monoisotopic (exact) mass is 330 g/mol. The van der Waals surface area contributed by atoms with Gasteiger partial charge in [-0.15, -0.1) is 0 Å². The van der Waals surface area contributed by atoms with Crippen molar-refractivity contribution in [2.75, 3.05) is 16.8 Å². The number of benzene rings is 2. The minimum absolute atomic E-state index is 0.0589. The van der Waals surface area contributed by atoms with Crippen LogP contribution in [0.1, 0.15) is 22.8 Å². The maximum absolute atomic E-state index is 11.4. The number of aromatic nitrogens is 2. The van der Waals surface area contributed by atoms with E-state index < -0.39 is 0 Å². The minimum atomic E-state index is 0.0589. The lowest BCUT2D eigenvalue weighted by atomic mass is 10.1. The van der Waals surface area contributed by atoms with Crippen molar-refractivity contribution in [2.45, 2.75) is 13.3 Å². The number of rotatable bonds is 4. The van der Waals surface area contributed by atoms with Crippen molar-refractivity contribution in [3.8, 4) is 0 Å². The molecular formula is C20H18N4O. The third-order valence-corrected chi connectivity index (χ3v) is 4.38. The van der Waals surface area contributed by atoms with E-state index in [0.29, 0.717) is 5.56 Å². The highest BCUT2D eigenvalue weighted by Crippen LogP contribution is 2.33. The molecule has 0 saturated carbocycles. The lowest BCUT2D eigenvalue weighted by molar-refractivity contribution is 0.101. The molecule has 1 aromatic heterocycles. The van der Waals surface area contributed by atoms with Crippen LogP contribution < -0.4 is 10.2 Å². The number of carbonyl (C=O) groups excluding carboxylic acids is 1. The summed E-state index contributed by atoms with van der Waals surface area (Å²) in [6.45, 7) is 2.48. The second-order valence-corrected chi connectivity index (χ2v) is 6.05. The highest BCUT2D eigenvalue weighted by atomic mass is 16.1. The van der Waals surface area contributed by atoms with Crippen molar-refractivity contribution in [3.63, 3.8) is 0 Å². The maximum Gasteiger partial charge on any atom is 0.159 e. The van der Waals surface area contributed by atoms with Crippen LogP contribution in [0.25, 0.3) is 0 Å². The minimum Gasteiger partial charge on any atom is -0.340 e. The van der Waals surface area contributed by atoms with Crippen LogP contribution in [-0.2, 0) is 6.42 Å². The molecule has 0 spiro atoms. The molecule has 0 fully saturated rings. The molecule has 124 valence electrons. The van der Waals surface area contributed by atoms with Crippen LogP contribution in [0.3, 0.4) is 0 Å². The second-order valence-electron chi connectivity index (χ2n) is 6.05. The molecule has 0 radical (unpaired) electrons. The highest BCUT2D eigenvalue weighted by molar-refractivity contribution is 5.94. The summed E-state index contributed by atoms with van der Waals surface area (Å²) in [7, 11) is 0. The molecule has 0 amide bonds. The number of nitrogens with zero attached hydrogens (tertiary/aromatic N) is 3. The van der Waals surface area contributed by atoms with Crippen molar-refractivity contribution in [3.05, 3.63) is 72.1 Å². The molecule has 0 saturated heterocycles. The molecule has 5 heteroatoms. The van der Waals surface area contributed by atoms with Crippen molar-refractivity contribution in [1.82, 2.24) is 9.97 Å². The number of hydrogen-bond donors (Lipinski definition) is 1. The first kappa shape index (κ1) is 15.3. The zero-order valence-electron chi connectivity index (χ0n) is 13.9. The van der Waals surface area contributed by atoms with Crippen LogP contribution >= 0.6 is 0 Å². The van der Waals surface area contributed by atoms with Crippen LogP contribution in [-0.4, -0.2) is 22.3 Å². The van der Waals surface area contributed by atoms with Gasteiger partial charge in [0, 0.05) is 29.5 Å². The van der Waals surface area contributed by atoms with Crippen LogP contribution in [0.5, 0.6) is 0 Å². The van der Waals surface area contributed by atoms with E-state index in [0.717, 1.165) is 30.3 Å². The van der Waals surface area contributed by atoms with Gasteiger partial charge in [-0.3, -0.25) is 4.79 Å². The Bertz CT molecular complexity index is 921. The first-order chi connectivity index (χ1) is 12.2. The van der Waals surface area contributed by atoms with E-state index in [1.165, 1.54) is 11.3 Å². The first-order valence-electron chi connectivity index (χ1n) is 8.26. The summed E-state index contributed by atoms with van der Waals surface area (Å²) in [5.74, 6) is 1.66. The average molecular weight is 330 g/mol. The van der Waals surface area contributed by atoms with E-state index in [9.17, 15) is 4.79 Å². The summed E-state index contributed by atoms with van der Waals surface area (Å²) in [4.78, 5) is 22.3. The Morgan fingerprint density at radius 1 is 1.08 bits per heavy atom. The lowest BCUT2D eigenvalue weighted by Crippen LogP contribution is -2.15. The second kappa shape index (κ2) is 6.36. The van der Waals surface area contributed by atoms with Gasteiger partial charge in [0.2, 0.25) is 0 Å². The number of para-hydroxylation sites is 1. The van der Waals surface area contributed by atoms with Gasteiger partial charge < -0.3 is 10.2 Å². The normalized spacial score (nSPS) is 12.8. The molecule has 0 bridgehead atoms. The molecule has 4 rings (SSSR count). The van der Waals surface area contributed by atoms with Gasteiger partial charge in [-0.2, -0.15) is 0 Å². The fourth-order valence-corrected chi connectivity index (χ4v) is 3.08. The summed E-state index contributed by atoms with van der Waals surface area (Å²) in [6, 6.07) is 17.7. The molecule has 1 aliphatic heterocycles. The van der Waals surface area contributed by atoms with E-state index in [2.05, 4.69) is 38.4 Å². The molecule has 2 aromatic carbocycles. The van der Waals surface area contributed by atoms with E-state index in [1.807, 2.05) is 36.4 Å². The standard InChI is InChI=1S/C20H18N4O/c1-14(25)15-6-8-17(9-7-15)23-19-12-20(22-13-21-19)24-11-10-16-4-2-3-5-18(16)24/h2-9,12-13H,10-11H2,1H3,(H,21,22,23). The van der Waals surface area contributed by atoms with E-state index >= 15 is 0 Å². The van der Waals surface area contributed by atoms with Crippen LogP contribution in [0.4, 0.5) is 23.0 Å². The van der Waals surface area contributed by atoms with E-state index in [4.69, 9.17) is 0 Å². The Kier molecular flexibility index (Phi) is 3.90. The van der Waals surface area contributed by atoms with Crippen LogP contribution in [0.2, 0.25) is 0 Å². The third-order valence-electron chi connectivity index (χ3n) is 4.38. The van der Waals surface area contributed by atoms with Crippen LogP contribution in [0, 0.1) is 0 Å². The molecule has 5 nitrogen and oxygen atoms in total. The van der Waals surface area contributed by atoms with Crippen molar-refractivity contribution >= 4 is 28.8 Å². The number of nitrogens with one attached hydrogen (secondary N) is 1. The molecule has 0 aliphatic carbocycles. The quantitative estimate of drug-likeness (QED) is 0.729. The predicted octanol–water partition coefficient (Wildman–Crippen LogP) is 4.12. The Morgan fingerprint density at radius 2 is 1.88 bits per heavy atom. The molecule has 0 unspecified atom stereocenters. The lowest BCUT2D eigenvalue weighted by Gasteiger charge is -2.18. The van der Waals surface area contributed by atoms with Gasteiger partial charge >= 0.3 is 0 Å². The molecular weight excluding hydrogens is 312 g/mol. The fourth-order valence-electron chi connectivity index (χ4n) is 3.08. The van der Waals surface area contributed by atoms with Gasteiger partial charge in [0.05, 0.1) is 0 Å². The SMILES string of the molecule is CC(=O)c1ccc(Nc2cc(N3CCc4ccccc43)ncn2)cc1. The Balaban J connectivity index is 1.57. The highest BCUT2D eigenvalue weighted by Gasteiger charge is 2.21. The summed E-state index contributed by atoms with van der Waals surface area (Å²) in [5.41, 5.74) is 4.13. The summed E-state index contributed by atoms with van der Waals surface area (Å²) in [6.07, 6.45) is 2.60. The van der Waals surface area contributed by atoms with Crippen molar-refractivity contribution in [1.29, 1.82) is 0 Å². The number of Topliss-reactive ketones (excluding diaryl/α,β-unsaturated/α-hetero) is 1. The van der Waals surface area contributed by atoms with Crippen LogP contribution in [0.15, 0.2) is 60.9 Å². The molecule has 0 atom stereocenters. The summed E-state index contributed by atoms with van der Waals surface area (Å²) < 4.78 is 0. The Labute approximate surface area is 146 Å². The van der Waals surface area contributed by atoms with E-state index in [1.54, 1.807) is 13.3 Å². The first-order valence-corrected chi connectivity index (χ1v) is 8.26. The number of anilines is 4. The molecule has 1 N–H and O–H groups in total. The van der Waals surface area contributed by atoms with Gasteiger partial charge in [-0.05, 0) is 49.2 Å². The number of ketones is 1. The zero-order valence-corrected chi connectivity index (χ0v) is 13.9. The third kappa shape index (κ3) is 3.08. The number of fused-ring (bicyclic) bond motifs is 1. The molecule has 3 aromatic rings. The molecule has 2 heterocycles. The largest absolute Gasteiger partial charge is 0.340 e. The van der Waals surface area contributed by atoms with Gasteiger partial charge in [-0.1, -0.05) is 18.2 Å². The van der Waals surface area contributed by atoms with Gasteiger partial charge in [0.1, 0.15) is 18.0 Å². The predicted molar refractivity (Wildman–Crippen MR) is 98.9 cm³/mol.